The van der Waals surface area contributed by atoms with Crippen LogP contribution in [0.5, 0.6) is 0 Å². The summed E-state index contributed by atoms with van der Waals surface area (Å²) in [5.41, 5.74) is 0. The molecule has 2 N–H and O–H groups in total. The molecule has 0 spiro atoms. The highest BCUT2D eigenvalue weighted by molar-refractivity contribution is 7.46. The third kappa shape index (κ3) is 19.9. The summed E-state index contributed by atoms with van der Waals surface area (Å²) in [4.78, 5) is 25.7. The van der Waals surface area contributed by atoms with Crippen LogP contribution in [0.3, 0.4) is 0 Å². The Morgan fingerprint density at radius 1 is 0.727 bits per heavy atom. The summed E-state index contributed by atoms with van der Waals surface area (Å²) in [6.45, 7) is 1.98. The molecule has 0 fully saturated rings. The Morgan fingerprint density at radius 3 is 1.86 bits per heavy atom. The second-order valence-electron chi connectivity index (χ2n) is 4.65. The minimum atomic E-state index is -4.49. The monoisotopic (exact) mass is 346 g/mol. The number of phosphoric acid groups is 1. The maximum absolute atomic E-state index is 10.3. The molecule has 0 aromatic carbocycles. The van der Waals surface area contributed by atoms with Crippen molar-refractivity contribution in [2.75, 3.05) is 19.8 Å². The van der Waals surface area contributed by atoms with Gasteiger partial charge in [0, 0.05) is 0 Å². The van der Waals surface area contributed by atoms with Crippen LogP contribution in [0.4, 0.5) is 0 Å². The minimum absolute atomic E-state index is 0.244. The van der Waals surface area contributed by atoms with Crippen LogP contribution in [0.1, 0.15) is 58.3 Å². The molecule has 0 saturated carbocycles. The largest absolute Gasteiger partial charge is 0.469 e. The smallest absolute Gasteiger partial charge is 0.303 e. The summed E-state index contributed by atoms with van der Waals surface area (Å²) in [5.74, 6) is 0. The molecular formula is C12H27O9P. The SMILES string of the molecule is CCCCCCCCCCOOOOOCCOP(=O)(O)O. The van der Waals surface area contributed by atoms with Crippen LogP contribution in [0.2, 0.25) is 0 Å². The van der Waals surface area contributed by atoms with Gasteiger partial charge in [0.15, 0.2) is 0 Å². The van der Waals surface area contributed by atoms with Crippen LogP contribution >= 0.6 is 7.82 Å². The highest BCUT2D eigenvalue weighted by atomic mass is 31.2. The first-order valence-corrected chi connectivity index (χ1v) is 9.04. The highest BCUT2D eigenvalue weighted by Gasteiger charge is 2.12. The molecule has 0 rings (SSSR count). The van der Waals surface area contributed by atoms with E-state index in [1.165, 1.54) is 38.5 Å². The van der Waals surface area contributed by atoms with E-state index in [0.717, 1.165) is 12.8 Å². The normalized spacial score (nSPS) is 12.0. The summed E-state index contributed by atoms with van der Waals surface area (Å²) in [7, 11) is -4.49. The van der Waals surface area contributed by atoms with Crippen molar-refractivity contribution >= 4 is 7.82 Å². The van der Waals surface area contributed by atoms with Gasteiger partial charge in [-0.05, 0) is 21.5 Å². The zero-order valence-electron chi connectivity index (χ0n) is 13.0. The Kier molecular flexibility index (Phi) is 15.7. The van der Waals surface area contributed by atoms with Gasteiger partial charge in [0.25, 0.3) is 0 Å². The Hall–Kier alpha value is -0.0900. The second-order valence-corrected chi connectivity index (χ2v) is 5.89. The third-order valence-electron chi connectivity index (χ3n) is 2.66. The van der Waals surface area contributed by atoms with Crippen molar-refractivity contribution in [3.8, 4) is 0 Å². The maximum Gasteiger partial charge on any atom is 0.469 e. The Morgan fingerprint density at radius 2 is 1.27 bits per heavy atom. The van der Waals surface area contributed by atoms with Crippen LogP contribution < -0.4 is 0 Å². The van der Waals surface area contributed by atoms with Gasteiger partial charge in [-0.3, -0.25) is 4.52 Å². The van der Waals surface area contributed by atoms with E-state index in [1.54, 1.807) is 0 Å². The predicted molar refractivity (Wildman–Crippen MR) is 75.8 cm³/mol. The molecule has 9 nitrogen and oxygen atoms in total. The zero-order chi connectivity index (χ0) is 16.5. The van der Waals surface area contributed by atoms with Gasteiger partial charge in [0.1, 0.15) is 6.61 Å². The summed E-state index contributed by atoms with van der Waals surface area (Å²) in [6, 6.07) is 0. The predicted octanol–water partition coefficient (Wildman–Crippen LogP) is 2.98. The fourth-order valence-corrected chi connectivity index (χ4v) is 1.92. The molecular weight excluding hydrogens is 319 g/mol. The van der Waals surface area contributed by atoms with E-state index in [0.29, 0.717) is 6.61 Å². The van der Waals surface area contributed by atoms with Gasteiger partial charge < -0.3 is 9.79 Å². The van der Waals surface area contributed by atoms with E-state index in [2.05, 4.69) is 36.3 Å². The van der Waals surface area contributed by atoms with Crippen LogP contribution in [0.15, 0.2) is 0 Å². The van der Waals surface area contributed by atoms with Gasteiger partial charge >= 0.3 is 7.82 Å². The van der Waals surface area contributed by atoms with Crippen molar-refractivity contribution in [2.45, 2.75) is 58.3 Å². The molecule has 0 aliphatic rings. The third-order valence-corrected chi connectivity index (χ3v) is 3.18. The molecule has 0 amide bonds. The van der Waals surface area contributed by atoms with E-state index < -0.39 is 7.82 Å². The van der Waals surface area contributed by atoms with Crippen LogP contribution in [-0.2, 0) is 34.0 Å². The Balaban J connectivity index is 3.01. The van der Waals surface area contributed by atoms with Gasteiger partial charge in [-0.2, -0.15) is 0 Å². The van der Waals surface area contributed by atoms with E-state index in [9.17, 15) is 4.57 Å². The molecule has 0 radical (unpaired) electrons. The van der Waals surface area contributed by atoms with Crippen LogP contribution in [0.25, 0.3) is 0 Å². The van der Waals surface area contributed by atoms with E-state index in [4.69, 9.17) is 9.79 Å². The van der Waals surface area contributed by atoms with Crippen LogP contribution in [-0.4, -0.2) is 29.6 Å². The molecule has 22 heavy (non-hydrogen) atoms. The average Bonchev–Trinajstić information content (AvgIpc) is 2.45. The van der Waals surface area contributed by atoms with Crippen molar-refractivity contribution in [1.82, 2.24) is 0 Å². The number of phosphoric ester groups is 1. The lowest BCUT2D eigenvalue weighted by atomic mass is 10.1. The van der Waals surface area contributed by atoms with Crippen molar-refractivity contribution in [1.29, 1.82) is 0 Å². The average molecular weight is 346 g/mol. The lowest BCUT2D eigenvalue weighted by molar-refractivity contribution is -0.708. The summed E-state index contributed by atoms with van der Waals surface area (Å²) < 4.78 is 14.4. The van der Waals surface area contributed by atoms with Gasteiger partial charge in [0.2, 0.25) is 0 Å². The molecule has 10 heteroatoms. The maximum atomic E-state index is 10.3. The molecule has 0 saturated heterocycles. The number of unbranched alkanes of at least 4 members (excludes halogenated alkanes) is 7. The number of rotatable bonds is 17. The van der Waals surface area contributed by atoms with Crippen molar-refractivity contribution in [2.24, 2.45) is 0 Å². The molecule has 0 atom stereocenters. The molecule has 0 heterocycles. The fraction of sp³-hybridized carbons (Fsp3) is 1.00. The Bertz CT molecular complexity index is 271. The van der Waals surface area contributed by atoms with Crippen molar-refractivity contribution < 1.29 is 43.8 Å². The van der Waals surface area contributed by atoms with Gasteiger partial charge in [-0.15, -0.1) is 0 Å². The van der Waals surface area contributed by atoms with Crippen LogP contribution in [0, 0.1) is 0 Å². The van der Waals surface area contributed by atoms with Gasteiger partial charge in [0.05, 0.1) is 13.2 Å². The molecule has 0 aliphatic heterocycles. The van der Waals surface area contributed by atoms with Gasteiger partial charge in [-0.25, -0.2) is 14.3 Å². The first-order valence-electron chi connectivity index (χ1n) is 7.50. The molecule has 0 bridgehead atoms. The summed E-state index contributed by atoms with van der Waals surface area (Å²) in [6.07, 6.45) is 9.49. The number of hydrogen-bond acceptors (Lipinski definition) is 7. The lowest BCUT2D eigenvalue weighted by Gasteiger charge is -2.04. The topological polar surface area (TPSA) is 113 Å². The first kappa shape index (κ1) is 21.9. The highest BCUT2D eigenvalue weighted by Crippen LogP contribution is 2.35. The van der Waals surface area contributed by atoms with Crippen molar-refractivity contribution in [3.05, 3.63) is 0 Å². The molecule has 134 valence electrons. The van der Waals surface area contributed by atoms with E-state index in [1.807, 2.05) is 0 Å². The second kappa shape index (κ2) is 15.8. The minimum Gasteiger partial charge on any atom is -0.303 e. The van der Waals surface area contributed by atoms with E-state index in [-0.39, 0.29) is 13.2 Å². The quantitative estimate of drug-likeness (QED) is 0.177. The van der Waals surface area contributed by atoms with E-state index >= 15 is 0 Å². The number of hydrogen-bond donors (Lipinski definition) is 2. The van der Waals surface area contributed by atoms with Crippen molar-refractivity contribution in [3.63, 3.8) is 0 Å². The summed E-state index contributed by atoms with van der Waals surface area (Å²) in [5, 5.41) is 12.3. The molecule has 0 aromatic heterocycles. The Labute approximate surface area is 130 Å². The summed E-state index contributed by atoms with van der Waals surface area (Å²) >= 11 is 0. The lowest BCUT2D eigenvalue weighted by Crippen LogP contribution is -2.05. The standard InChI is InChI=1S/C12H27O9P/c1-2-3-4-5-6-7-8-9-10-16-19-21-20-17-11-12-18-22(13,14)15/h2-12H2,1H3,(H2,13,14,15). The van der Waals surface area contributed by atoms with Gasteiger partial charge in [-0.1, -0.05) is 51.9 Å². The molecule has 0 unspecified atom stereocenters. The fourth-order valence-electron chi connectivity index (χ4n) is 1.60. The first-order chi connectivity index (χ1) is 10.6. The molecule has 0 aromatic rings. The molecule has 0 aliphatic carbocycles. The zero-order valence-corrected chi connectivity index (χ0v) is 13.9.